The molecule has 0 spiro atoms. The Labute approximate surface area is 137 Å². The topological polar surface area (TPSA) is 45.2 Å². The quantitative estimate of drug-likeness (QED) is 0.904. The number of aromatic nitrogens is 1. The lowest BCUT2D eigenvalue weighted by Crippen LogP contribution is -2.43. The molecule has 2 aromatic rings. The van der Waals surface area contributed by atoms with E-state index in [2.05, 4.69) is 17.2 Å². The van der Waals surface area contributed by atoms with Crippen molar-refractivity contribution in [1.82, 2.24) is 15.2 Å². The van der Waals surface area contributed by atoms with Crippen LogP contribution in [0.3, 0.4) is 0 Å². The van der Waals surface area contributed by atoms with Gasteiger partial charge >= 0.3 is 6.03 Å². The Morgan fingerprint density at radius 3 is 2.43 bits per heavy atom. The minimum absolute atomic E-state index is 0.000191. The lowest BCUT2D eigenvalue weighted by atomic mass is 10.1. The van der Waals surface area contributed by atoms with E-state index in [4.69, 9.17) is 0 Å². The number of nitrogens with one attached hydrogen (secondary N) is 1. The molecule has 1 aliphatic rings. The van der Waals surface area contributed by atoms with Gasteiger partial charge in [-0.05, 0) is 43.9 Å². The van der Waals surface area contributed by atoms with E-state index in [-0.39, 0.29) is 18.1 Å². The molecule has 2 unspecified atom stereocenters. The number of amides is 2. The predicted molar refractivity (Wildman–Crippen MR) is 90.9 cm³/mol. The molecule has 1 heterocycles. The van der Waals surface area contributed by atoms with Gasteiger partial charge in [0.15, 0.2) is 0 Å². The number of carbonyl (C=O) groups excluding carboxylic acids is 1. The average molecular weight is 309 g/mol. The van der Waals surface area contributed by atoms with Crippen molar-refractivity contribution in [3.63, 3.8) is 0 Å². The fourth-order valence-electron chi connectivity index (χ4n) is 2.88. The number of hydrogen-bond donors (Lipinski definition) is 1. The Balaban J connectivity index is 1.72. The Morgan fingerprint density at radius 2 is 1.83 bits per heavy atom. The van der Waals surface area contributed by atoms with Crippen LogP contribution in [0.2, 0.25) is 0 Å². The molecular weight excluding hydrogens is 286 g/mol. The van der Waals surface area contributed by atoms with Crippen molar-refractivity contribution in [2.75, 3.05) is 0 Å². The number of rotatable bonds is 5. The highest BCUT2D eigenvalue weighted by atomic mass is 16.2. The summed E-state index contributed by atoms with van der Waals surface area (Å²) in [4.78, 5) is 19.0. The molecular formula is C19H23N3O. The minimum Gasteiger partial charge on any atom is -0.331 e. The molecule has 1 saturated carbocycles. The van der Waals surface area contributed by atoms with Gasteiger partial charge < -0.3 is 10.2 Å². The van der Waals surface area contributed by atoms with Crippen LogP contribution in [-0.4, -0.2) is 22.0 Å². The summed E-state index contributed by atoms with van der Waals surface area (Å²) in [5.74, 6) is 0. The Morgan fingerprint density at radius 1 is 1.13 bits per heavy atom. The molecule has 4 heteroatoms. The Bertz CT molecular complexity index is 640. The third-order valence-electron chi connectivity index (χ3n) is 4.40. The summed E-state index contributed by atoms with van der Waals surface area (Å²) in [7, 11) is 0. The van der Waals surface area contributed by atoms with Gasteiger partial charge in [0.25, 0.3) is 0 Å². The number of urea groups is 1. The van der Waals surface area contributed by atoms with Crippen molar-refractivity contribution in [2.24, 2.45) is 0 Å². The fourth-order valence-corrected chi connectivity index (χ4v) is 2.88. The Kier molecular flexibility index (Phi) is 4.60. The second-order valence-electron chi connectivity index (χ2n) is 6.18. The number of hydrogen-bond acceptors (Lipinski definition) is 2. The van der Waals surface area contributed by atoms with Crippen LogP contribution in [0.25, 0.3) is 0 Å². The van der Waals surface area contributed by atoms with Crippen molar-refractivity contribution in [3.05, 3.63) is 66.0 Å². The summed E-state index contributed by atoms with van der Waals surface area (Å²) in [6, 6.07) is 14.4. The van der Waals surface area contributed by atoms with E-state index in [0.29, 0.717) is 6.04 Å². The smallest absolute Gasteiger partial charge is 0.318 e. The van der Waals surface area contributed by atoms with E-state index < -0.39 is 0 Å². The summed E-state index contributed by atoms with van der Waals surface area (Å²) in [6.45, 7) is 4.09. The van der Waals surface area contributed by atoms with Gasteiger partial charge in [-0.25, -0.2) is 4.79 Å². The van der Waals surface area contributed by atoms with Crippen molar-refractivity contribution in [3.8, 4) is 0 Å². The first-order chi connectivity index (χ1) is 11.2. The van der Waals surface area contributed by atoms with Gasteiger partial charge in [0.2, 0.25) is 0 Å². The molecule has 0 radical (unpaired) electrons. The van der Waals surface area contributed by atoms with Crippen LogP contribution >= 0.6 is 0 Å². The molecule has 1 N–H and O–H groups in total. The third kappa shape index (κ3) is 3.70. The zero-order valence-corrected chi connectivity index (χ0v) is 13.6. The third-order valence-corrected chi connectivity index (χ3v) is 4.40. The molecule has 0 aliphatic heterocycles. The van der Waals surface area contributed by atoms with Crippen LogP contribution in [0.4, 0.5) is 4.79 Å². The maximum atomic E-state index is 12.8. The Hall–Kier alpha value is -2.36. The molecule has 0 bridgehead atoms. The van der Waals surface area contributed by atoms with Gasteiger partial charge in [-0.3, -0.25) is 4.98 Å². The van der Waals surface area contributed by atoms with Crippen LogP contribution in [0.5, 0.6) is 0 Å². The highest BCUT2D eigenvalue weighted by molar-refractivity contribution is 5.76. The van der Waals surface area contributed by atoms with Crippen molar-refractivity contribution < 1.29 is 4.79 Å². The molecule has 2 amide bonds. The van der Waals surface area contributed by atoms with Gasteiger partial charge in [-0.2, -0.15) is 0 Å². The lowest BCUT2D eigenvalue weighted by Gasteiger charge is -2.31. The molecule has 1 aromatic carbocycles. The number of benzene rings is 1. The van der Waals surface area contributed by atoms with Crippen molar-refractivity contribution >= 4 is 6.03 Å². The van der Waals surface area contributed by atoms with Crippen LogP contribution in [-0.2, 0) is 0 Å². The largest absolute Gasteiger partial charge is 0.331 e. The molecule has 1 fully saturated rings. The first-order valence-corrected chi connectivity index (χ1v) is 8.20. The zero-order valence-electron chi connectivity index (χ0n) is 13.6. The summed E-state index contributed by atoms with van der Waals surface area (Å²) in [5, 5.41) is 3.13. The second kappa shape index (κ2) is 6.82. The average Bonchev–Trinajstić information content (AvgIpc) is 3.41. The number of pyridine rings is 1. The SMILES string of the molecule is CC(NC(=O)N(C1CC1)C(C)c1cccnc1)c1ccccc1. The highest BCUT2D eigenvalue weighted by Crippen LogP contribution is 2.34. The second-order valence-corrected chi connectivity index (χ2v) is 6.18. The summed E-state index contributed by atoms with van der Waals surface area (Å²) < 4.78 is 0. The maximum absolute atomic E-state index is 12.8. The van der Waals surface area contributed by atoms with Gasteiger partial charge in [-0.1, -0.05) is 36.4 Å². The van der Waals surface area contributed by atoms with Gasteiger partial charge in [-0.15, -0.1) is 0 Å². The fraction of sp³-hybridized carbons (Fsp3) is 0.368. The predicted octanol–water partition coefficient (Wildman–Crippen LogP) is 4.08. The minimum atomic E-state index is -0.00829. The first-order valence-electron chi connectivity index (χ1n) is 8.20. The van der Waals surface area contributed by atoms with E-state index in [1.807, 2.05) is 60.5 Å². The molecule has 3 rings (SSSR count). The van der Waals surface area contributed by atoms with E-state index >= 15 is 0 Å². The van der Waals surface area contributed by atoms with Crippen LogP contribution in [0.15, 0.2) is 54.9 Å². The summed E-state index contributed by atoms with van der Waals surface area (Å²) >= 11 is 0. The molecule has 0 saturated heterocycles. The molecule has 23 heavy (non-hydrogen) atoms. The molecule has 1 aliphatic carbocycles. The van der Waals surface area contributed by atoms with Crippen LogP contribution < -0.4 is 5.32 Å². The van der Waals surface area contributed by atoms with Crippen LogP contribution in [0, 0.1) is 0 Å². The highest BCUT2D eigenvalue weighted by Gasteiger charge is 2.36. The van der Waals surface area contributed by atoms with Gasteiger partial charge in [0, 0.05) is 18.4 Å². The first kappa shape index (κ1) is 15.5. The number of carbonyl (C=O) groups is 1. The molecule has 1 aromatic heterocycles. The van der Waals surface area contributed by atoms with E-state index in [1.165, 1.54) is 0 Å². The monoisotopic (exact) mass is 309 g/mol. The summed E-state index contributed by atoms with van der Waals surface area (Å²) in [5.41, 5.74) is 2.19. The number of nitrogens with zero attached hydrogens (tertiary/aromatic N) is 2. The van der Waals surface area contributed by atoms with Gasteiger partial charge in [0.05, 0.1) is 12.1 Å². The van der Waals surface area contributed by atoms with E-state index in [9.17, 15) is 4.79 Å². The van der Waals surface area contributed by atoms with Crippen molar-refractivity contribution in [2.45, 2.75) is 44.8 Å². The standard InChI is InChI=1S/C19H23N3O/c1-14(16-7-4-3-5-8-16)21-19(23)22(18-10-11-18)15(2)17-9-6-12-20-13-17/h3-9,12-15,18H,10-11H2,1-2H3,(H,21,23). The summed E-state index contributed by atoms with van der Waals surface area (Å²) in [6.07, 6.45) is 5.76. The zero-order chi connectivity index (χ0) is 16.2. The molecule has 4 nitrogen and oxygen atoms in total. The van der Waals surface area contributed by atoms with E-state index in [1.54, 1.807) is 6.20 Å². The van der Waals surface area contributed by atoms with E-state index in [0.717, 1.165) is 24.0 Å². The molecule has 120 valence electrons. The lowest BCUT2D eigenvalue weighted by molar-refractivity contribution is 0.172. The molecule has 2 atom stereocenters. The van der Waals surface area contributed by atoms with Crippen molar-refractivity contribution in [1.29, 1.82) is 0 Å². The normalized spacial score (nSPS) is 16.4. The maximum Gasteiger partial charge on any atom is 0.318 e. The van der Waals surface area contributed by atoms with Gasteiger partial charge in [0.1, 0.15) is 0 Å². The van der Waals surface area contributed by atoms with Crippen LogP contribution in [0.1, 0.15) is 49.9 Å².